The molecule has 0 spiro atoms. The standard InChI is InChI=1S/C13H21N3/c1-9(13(2,3)4)16-12-10-6-5-7-11(10)14-8-15-12/h8-9H,5-7H2,1-4H3,(H,14,15,16). The second-order valence-corrected chi connectivity index (χ2v) is 5.73. The third-order valence-corrected chi connectivity index (χ3v) is 3.53. The Morgan fingerprint density at radius 1 is 1.25 bits per heavy atom. The fourth-order valence-corrected chi connectivity index (χ4v) is 1.91. The van der Waals surface area contributed by atoms with Crippen molar-refractivity contribution < 1.29 is 0 Å². The molecule has 1 atom stereocenters. The number of fused-ring (bicyclic) bond motifs is 1. The van der Waals surface area contributed by atoms with Gasteiger partial charge in [0.1, 0.15) is 12.1 Å². The maximum atomic E-state index is 4.38. The van der Waals surface area contributed by atoms with Crippen LogP contribution in [0.1, 0.15) is 45.4 Å². The van der Waals surface area contributed by atoms with Crippen molar-refractivity contribution in [2.24, 2.45) is 5.41 Å². The number of aryl methyl sites for hydroxylation is 1. The van der Waals surface area contributed by atoms with Gasteiger partial charge in [-0.1, -0.05) is 20.8 Å². The van der Waals surface area contributed by atoms with E-state index < -0.39 is 0 Å². The minimum Gasteiger partial charge on any atom is -0.367 e. The van der Waals surface area contributed by atoms with Crippen LogP contribution in [0.25, 0.3) is 0 Å². The topological polar surface area (TPSA) is 37.8 Å². The summed E-state index contributed by atoms with van der Waals surface area (Å²) in [5.74, 6) is 1.05. The molecular formula is C13H21N3. The molecule has 2 rings (SSSR count). The number of anilines is 1. The summed E-state index contributed by atoms with van der Waals surface area (Å²) in [4.78, 5) is 8.72. The van der Waals surface area contributed by atoms with E-state index in [1.54, 1.807) is 6.33 Å². The number of hydrogen-bond donors (Lipinski definition) is 1. The van der Waals surface area contributed by atoms with Crippen molar-refractivity contribution in [3.63, 3.8) is 0 Å². The Labute approximate surface area is 97.7 Å². The molecule has 1 N–H and O–H groups in total. The smallest absolute Gasteiger partial charge is 0.133 e. The van der Waals surface area contributed by atoms with Crippen LogP contribution in [0, 0.1) is 5.41 Å². The minimum atomic E-state index is 0.246. The van der Waals surface area contributed by atoms with Crippen molar-refractivity contribution in [1.82, 2.24) is 9.97 Å². The molecule has 1 aromatic rings. The van der Waals surface area contributed by atoms with E-state index in [1.165, 1.54) is 17.7 Å². The van der Waals surface area contributed by atoms with Crippen LogP contribution in [-0.2, 0) is 12.8 Å². The average molecular weight is 219 g/mol. The molecule has 0 bridgehead atoms. The molecule has 0 aliphatic heterocycles. The van der Waals surface area contributed by atoms with Gasteiger partial charge in [0.15, 0.2) is 0 Å². The first-order valence-corrected chi connectivity index (χ1v) is 6.08. The maximum absolute atomic E-state index is 4.38. The summed E-state index contributed by atoms with van der Waals surface area (Å²) in [7, 11) is 0. The molecule has 1 aliphatic carbocycles. The lowest BCUT2D eigenvalue weighted by atomic mass is 9.88. The Balaban J connectivity index is 2.20. The zero-order chi connectivity index (χ0) is 11.8. The van der Waals surface area contributed by atoms with E-state index >= 15 is 0 Å². The van der Waals surface area contributed by atoms with E-state index in [2.05, 4.69) is 43.0 Å². The van der Waals surface area contributed by atoms with Gasteiger partial charge in [-0.15, -0.1) is 0 Å². The highest BCUT2D eigenvalue weighted by atomic mass is 15.0. The molecule has 0 saturated heterocycles. The fourth-order valence-electron chi connectivity index (χ4n) is 1.91. The summed E-state index contributed by atoms with van der Waals surface area (Å²) < 4.78 is 0. The molecule has 0 fully saturated rings. The Morgan fingerprint density at radius 3 is 2.69 bits per heavy atom. The fraction of sp³-hybridized carbons (Fsp3) is 0.692. The first kappa shape index (κ1) is 11.4. The van der Waals surface area contributed by atoms with Crippen LogP contribution in [-0.4, -0.2) is 16.0 Å². The molecule has 0 amide bonds. The summed E-state index contributed by atoms with van der Waals surface area (Å²) in [6, 6.07) is 0.409. The van der Waals surface area contributed by atoms with Crippen LogP contribution in [0.2, 0.25) is 0 Å². The molecule has 1 unspecified atom stereocenters. The molecule has 1 aliphatic rings. The molecule has 1 aromatic heterocycles. The molecule has 0 radical (unpaired) electrons. The van der Waals surface area contributed by atoms with E-state index in [0.717, 1.165) is 18.7 Å². The molecule has 16 heavy (non-hydrogen) atoms. The zero-order valence-electron chi connectivity index (χ0n) is 10.7. The van der Waals surface area contributed by atoms with Crippen LogP contribution < -0.4 is 5.32 Å². The van der Waals surface area contributed by atoms with E-state index in [4.69, 9.17) is 0 Å². The number of rotatable bonds is 2. The third kappa shape index (κ3) is 2.18. The number of aromatic nitrogens is 2. The predicted octanol–water partition coefficient (Wildman–Crippen LogP) is 2.81. The summed E-state index contributed by atoms with van der Waals surface area (Å²) in [6.45, 7) is 8.94. The van der Waals surface area contributed by atoms with E-state index in [1.807, 2.05) is 0 Å². The lowest BCUT2D eigenvalue weighted by molar-refractivity contribution is 0.358. The molecule has 88 valence electrons. The summed E-state index contributed by atoms with van der Waals surface area (Å²) in [6.07, 6.45) is 5.13. The first-order chi connectivity index (χ1) is 7.48. The van der Waals surface area contributed by atoms with Crippen LogP contribution in [0.15, 0.2) is 6.33 Å². The highest BCUT2D eigenvalue weighted by Crippen LogP contribution is 2.28. The van der Waals surface area contributed by atoms with Gasteiger partial charge in [-0.25, -0.2) is 9.97 Å². The highest BCUT2D eigenvalue weighted by Gasteiger charge is 2.23. The molecule has 0 saturated carbocycles. The van der Waals surface area contributed by atoms with Crippen LogP contribution in [0.5, 0.6) is 0 Å². The normalized spacial score (nSPS) is 17.0. The number of nitrogens with zero attached hydrogens (tertiary/aromatic N) is 2. The molecular weight excluding hydrogens is 198 g/mol. The van der Waals surface area contributed by atoms with Gasteiger partial charge < -0.3 is 5.32 Å². The van der Waals surface area contributed by atoms with Gasteiger partial charge in [0.2, 0.25) is 0 Å². The quantitative estimate of drug-likeness (QED) is 0.831. The van der Waals surface area contributed by atoms with E-state index in [9.17, 15) is 0 Å². The van der Waals surface area contributed by atoms with E-state index in [0.29, 0.717) is 6.04 Å². The van der Waals surface area contributed by atoms with Crippen LogP contribution >= 0.6 is 0 Å². The SMILES string of the molecule is CC(Nc1ncnc2c1CCC2)C(C)(C)C. The van der Waals surface area contributed by atoms with Crippen molar-refractivity contribution in [2.75, 3.05) is 5.32 Å². The maximum Gasteiger partial charge on any atom is 0.133 e. The predicted molar refractivity (Wildman–Crippen MR) is 66.6 cm³/mol. The monoisotopic (exact) mass is 219 g/mol. The summed E-state index contributed by atoms with van der Waals surface area (Å²) in [5, 5.41) is 3.53. The van der Waals surface area contributed by atoms with Gasteiger partial charge in [-0.2, -0.15) is 0 Å². The molecule has 3 nitrogen and oxygen atoms in total. The molecule has 1 heterocycles. The second-order valence-electron chi connectivity index (χ2n) is 5.73. The molecule has 0 aromatic carbocycles. The lowest BCUT2D eigenvalue weighted by Crippen LogP contribution is -2.31. The number of hydrogen-bond acceptors (Lipinski definition) is 3. The highest BCUT2D eigenvalue weighted by molar-refractivity contribution is 5.48. The second kappa shape index (κ2) is 4.04. The first-order valence-electron chi connectivity index (χ1n) is 6.08. The van der Waals surface area contributed by atoms with Crippen LogP contribution in [0.4, 0.5) is 5.82 Å². The van der Waals surface area contributed by atoms with Gasteiger partial charge in [0, 0.05) is 17.3 Å². The van der Waals surface area contributed by atoms with Crippen molar-refractivity contribution in [3.8, 4) is 0 Å². The average Bonchev–Trinajstić information content (AvgIpc) is 2.65. The Hall–Kier alpha value is -1.12. The van der Waals surface area contributed by atoms with Gasteiger partial charge in [-0.3, -0.25) is 0 Å². The van der Waals surface area contributed by atoms with Crippen molar-refractivity contribution in [1.29, 1.82) is 0 Å². The summed E-state index contributed by atoms with van der Waals surface area (Å²) >= 11 is 0. The number of nitrogens with one attached hydrogen (secondary N) is 1. The van der Waals surface area contributed by atoms with Gasteiger partial charge in [0.05, 0.1) is 0 Å². The zero-order valence-corrected chi connectivity index (χ0v) is 10.7. The van der Waals surface area contributed by atoms with Gasteiger partial charge >= 0.3 is 0 Å². The molecule has 3 heteroatoms. The minimum absolute atomic E-state index is 0.246. The largest absolute Gasteiger partial charge is 0.367 e. The van der Waals surface area contributed by atoms with Gasteiger partial charge in [-0.05, 0) is 31.6 Å². The Morgan fingerprint density at radius 2 is 2.00 bits per heavy atom. The Bertz CT molecular complexity index is 379. The third-order valence-electron chi connectivity index (χ3n) is 3.53. The van der Waals surface area contributed by atoms with Crippen molar-refractivity contribution in [3.05, 3.63) is 17.6 Å². The summed E-state index contributed by atoms with van der Waals surface area (Å²) in [5.41, 5.74) is 2.81. The van der Waals surface area contributed by atoms with Gasteiger partial charge in [0.25, 0.3) is 0 Å². The van der Waals surface area contributed by atoms with Crippen LogP contribution in [0.3, 0.4) is 0 Å². The lowest BCUT2D eigenvalue weighted by Gasteiger charge is -2.29. The van der Waals surface area contributed by atoms with Crippen molar-refractivity contribution >= 4 is 5.82 Å². The van der Waals surface area contributed by atoms with Crippen molar-refractivity contribution in [2.45, 2.75) is 53.0 Å². The van der Waals surface area contributed by atoms with E-state index in [-0.39, 0.29) is 5.41 Å². The Kier molecular flexibility index (Phi) is 2.87.